The number of carbonyl (C=O) groups excluding carboxylic acids is 1. The van der Waals surface area contributed by atoms with E-state index in [4.69, 9.17) is 0 Å². The highest BCUT2D eigenvalue weighted by Crippen LogP contribution is 2.49. The summed E-state index contributed by atoms with van der Waals surface area (Å²) in [5, 5.41) is 9.18. The van der Waals surface area contributed by atoms with Crippen LogP contribution >= 0.6 is 0 Å². The fourth-order valence-electron chi connectivity index (χ4n) is 2.16. The number of aliphatic carboxylic acids is 1. The van der Waals surface area contributed by atoms with Crippen molar-refractivity contribution in [3.63, 3.8) is 0 Å². The van der Waals surface area contributed by atoms with E-state index >= 15 is 0 Å². The van der Waals surface area contributed by atoms with Crippen LogP contribution in [-0.4, -0.2) is 16.9 Å². The van der Waals surface area contributed by atoms with Crippen LogP contribution in [0.4, 0.5) is 0 Å². The molecular weight excluding hydrogens is 228 g/mol. The Morgan fingerprint density at radius 2 is 1.89 bits per heavy atom. The number of ketones is 1. The highest BCUT2D eigenvalue weighted by Gasteiger charge is 2.57. The molecular formula is C15H18O3. The van der Waals surface area contributed by atoms with E-state index in [1.165, 1.54) is 0 Å². The van der Waals surface area contributed by atoms with Crippen molar-refractivity contribution in [2.75, 3.05) is 0 Å². The second kappa shape index (κ2) is 4.23. The van der Waals surface area contributed by atoms with Crippen LogP contribution in [0.1, 0.15) is 54.1 Å². The summed E-state index contributed by atoms with van der Waals surface area (Å²) in [7, 11) is 0. The first-order valence-corrected chi connectivity index (χ1v) is 6.27. The molecule has 0 atom stereocenters. The molecule has 0 aliphatic heterocycles. The third kappa shape index (κ3) is 1.94. The molecule has 0 radical (unpaired) electrons. The van der Waals surface area contributed by atoms with Crippen molar-refractivity contribution in [1.82, 2.24) is 0 Å². The van der Waals surface area contributed by atoms with Crippen LogP contribution in [0.3, 0.4) is 0 Å². The number of Topliss-reactive ketones (excluding diaryl/α,β-unsaturated/α-hetero) is 1. The molecule has 1 fully saturated rings. The SMILES string of the molecule is Cc1ccc(C(C)C)cc1C(=O)C1(C(=O)O)CC1. The average Bonchev–Trinajstić information content (AvgIpc) is 3.09. The third-order valence-electron chi connectivity index (χ3n) is 3.77. The number of carboxylic acids is 1. The molecule has 2 rings (SSSR count). The minimum absolute atomic E-state index is 0.227. The number of hydrogen-bond acceptors (Lipinski definition) is 2. The first kappa shape index (κ1) is 12.8. The van der Waals surface area contributed by atoms with Gasteiger partial charge in [-0.1, -0.05) is 26.0 Å². The zero-order chi connectivity index (χ0) is 13.5. The van der Waals surface area contributed by atoms with Gasteiger partial charge in [0.05, 0.1) is 0 Å². The molecule has 3 heteroatoms. The van der Waals surface area contributed by atoms with Gasteiger partial charge in [0.2, 0.25) is 0 Å². The summed E-state index contributed by atoms with van der Waals surface area (Å²) in [4.78, 5) is 23.6. The number of carbonyl (C=O) groups is 2. The molecule has 1 aromatic carbocycles. The lowest BCUT2D eigenvalue weighted by molar-refractivity contribution is -0.141. The van der Waals surface area contributed by atoms with Crippen molar-refractivity contribution in [3.8, 4) is 0 Å². The summed E-state index contributed by atoms with van der Waals surface area (Å²) in [6.45, 7) is 5.97. The summed E-state index contributed by atoms with van der Waals surface area (Å²) in [5.41, 5.74) is 1.36. The van der Waals surface area contributed by atoms with E-state index in [-0.39, 0.29) is 5.78 Å². The quantitative estimate of drug-likeness (QED) is 0.655. The van der Waals surface area contributed by atoms with Gasteiger partial charge >= 0.3 is 5.97 Å². The Bertz CT molecular complexity index is 510. The Kier molecular flexibility index (Phi) is 3.01. The summed E-state index contributed by atoms with van der Waals surface area (Å²) < 4.78 is 0. The van der Waals surface area contributed by atoms with Crippen molar-refractivity contribution < 1.29 is 14.7 Å². The predicted octanol–water partition coefficient (Wildman–Crippen LogP) is 3.17. The lowest BCUT2D eigenvalue weighted by Crippen LogP contribution is -2.26. The van der Waals surface area contributed by atoms with Gasteiger partial charge in [0.1, 0.15) is 5.41 Å². The van der Waals surface area contributed by atoms with E-state index in [2.05, 4.69) is 13.8 Å². The molecule has 1 aliphatic rings. The molecule has 3 nitrogen and oxygen atoms in total. The van der Waals surface area contributed by atoms with E-state index in [1.54, 1.807) is 0 Å². The normalized spacial score (nSPS) is 16.7. The predicted molar refractivity (Wildman–Crippen MR) is 68.9 cm³/mol. The molecule has 18 heavy (non-hydrogen) atoms. The lowest BCUT2D eigenvalue weighted by atomic mass is 9.89. The molecule has 0 spiro atoms. The Morgan fingerprint density at radius 3 is 2.33 bits per heavy atom. The van der Waals surface area contributed by atoms with Crippen LogP contribution in [-0.2, 0) is 4.79 Å². The third-order valence-corrected chi connectivity index (χ3v) is 3.77. The van der Waals surface area contributed by atoms with Crippen LogP contribution in [0.5, 0.6) is 0 Å². The Morgan fingerprint density at radius 1 is 1.28 bits per heavy atom. The van der Waals surface area contributed by atoms with E-state index in [9.17, 15) is 14.7 Å². The molecule has 0 unspecified atom stereocenters. The number of hydrogen-bond donors (Lipinski definition) is 1. The van der Waals surface area contributed by atoms with E-state index < -0.39 is 11.4 Å². The topological polar surface area (TPSA) is 54.4 Å². The number of rotatable bonds is 4. The molecule has 0 aromatic heterocycles. The van der Waals surface area contributed by atoms with Crippen molar-refractivity contribution in [3.05, 3.63) is 34.9 Å². The zero-order valence-electron chi connectivity index (χ0n) is 11.0. The maximum atomic E-state index is 12.4. The fourth-order valence-corrected chi connectivity index (χ4v) is 2.16. The first-order chi connectivity index (χ1) is 8.38. The van der Waals surface area contributed by atoms with Crippen LogP contribution in [0.25, 0.3) is 0 Å². The fraction of sp³-hybridized carbons (Fsp3) is 0.467. The molecule has 0 amide bonds. The van der Waals surface area contributed by atoms with Crippen LogP contribution < -0.4 is 0 Å². The highest BCUT2D eigenvalue weighted by atomic mass is 16.4. The molecule has 0 heterocycles. The largest absolute Gasteiger partial charge is 0.480 e. The number of benzene rings is 1. The lowest BCUT2D eigenvalue weighted by Gasteiger charge is -2.14. The Labute approximate surface area is 107 Å². The summed E-state index contributed by atoms with van der Waals surface area (Å²) in [6, 6.07) is 5.75. The van der Waals surface area contributed by atoms with Crippen molar-refractivity contribution in [2.24, 2.45) is 5.41 Å². The van der Waals surface area contributed by atoms with Gasteiger partial charge in [0.15, 0.2) is 5.78 Å². The molecule has 1 aliphatic carbocycles. The molecule has 1 aromatic rings. The van der Waals surface area contributed by atoms with Crippen LogP contribution in [0, 0.1) is 12.3 Å². The number of aryl methyl sites for hydroxylation is 1. The molecule has 1 N–H and O–H groups in total. The van der Waals surface area contributed by atoms with E-state index in [1.807, 2.05) is 25.1 Å². The second-order valence-electron chi connectivity index (χ2n) is 5.45. The minimum Gasteiger partial charge on any atom is -0.480 e. The molecule has 0 bridgehead atoms. The summed E-state index contributed by atoms with van der Waals surface area (Å²) in [5.74, 6) is -0.881. The van der Waals surface area contributed by atoms with Crippen LogP contribution in [0.2, 0.25) is 0 Å². The van der Waals surface area contributed by atoms with Gasteiger partial charge in [-0.25, -0.2) is 0 Å². The smallest absolute Gasteiger partial charge is 0.317 e. The zero-order valence-corrected chi connectivity index (χ0v) is 11.0. The van der Waals surface area contributed by atoms with Crippen molar-refractivity contribution in [1.29, 1.82) is 0 Å². The van der Waals surface area contributed by atoms with Gasteiger partial charge in [-0.2, -0.15) is 0 Å². The maximum absolute atomic E-state index is 12.4. The Hall–Kier alpha value is -1.64. The van der Waals surface area contributed by atoms with Gasteiger partial charge < -0.3 is 5.11 Å². The molecule has 1 saturated carbocycles. The van der Waals surface area contributed by atoms with Crippen molar-refractivity contribution in [2.45, 2.75) is 39.5 Å². The average molecular weight is 246 g/mol. The van der Waals surface area contributed by atoms with Gasteiger partial charge in [-0.15, -0.1) is 0 Å². The van der Waals surface area contributed by atoms with Gasteiger partial charge in [-0.05, 0) is 42.9 Å². The molecule has 0 saturated heterocycles. The molecule has 96 valence electrons. The maximum Gasteiger partial charge on any atom is 0.317 e. The van der Waals surface area contributed by atoms with Gasteiger partial charge in [-0.3, -0.25) is 9.59 Å². The number of carboxylic acid groups (broad SMARTS) is 1. The van der Waals surface area contributed by atoms with E-state index in [0.29, 0.717) is 24.3 Å². The highest BCUT2D eigenvalue weighted by molar-refractivity contribution is 6.15. The first-order valence-electron chi connectivity index (χ1n) is 6.27. The summed E-state index contributed by atoms with van der Waals surface area (Å²) >= 11 is 0. The van der Waals surface area contributed by atoms with Crippen molar-refractivity contribution >= 4 is 11.8 Å². The standard InChI is InChI=1S/C15H18O3/c1-9(2)11-5-4-10(3)12(8-11)13(16)15(6-7-15)14(17)18/h4-5,8-9H,6-7H2,1-3H3,(H,17,18). The van der Waals surface area contributed by atoms with Gasteiger partial charge in [0, 0.05) is 5.56 Å². The Balaban J connectivity index is 2.42. The summed E-state index contributed by atoms with van der Waals surface area (Å²) in [6.07, 6.45) is 0.930. The van der Waals surface area contributed by atoms with Gasteiger partial charge in [0.25, 0.3) is 0 Å². The van der Waals surface area contributed by atoms with Crippen LogP contribution in [0.15, 0.2) is 18.2 Å². The minimum atomic E-state index is -1.14. The monoisotopic (exact) mass is 246 g/mol. The van der Waals surface area contributed by atoms with E-state index in [0.717, 1.165) is 11.1 Å². The second-order valence-corrected chi connectivity index (χ2v) is 5.45.